The van der Waals surface area contributed by atoms with Gasteiger partial charge in [0.1, 0.15) is 0 Å². The summed E-state index contributed by atoms with van der Waals surface area (Å²) in [5.41, 5.74) is -2.21. The predicted molar refractivity (Wildman–Crippen MR) is 51.7 cm³/mol. The van der Waals surface area contributed by atoms with E-state index in [4.69, 9.17) is 5.11 Å². The van der Waals surface area contributed by atoms with Crippen molar-refractivity contribution in [3.05, 3.63) is 0 Å². The Morgan fingerprint density at radius 1 is 1.50 bits per heavy atom. The van der Waals surface area contributed by atoms with Gasteiger partial charge in [0.05, 0.1) is 23.9 Å². The summed E-state index contributed by atoms with van der Waals surface area (Å²) in [6.07, 6.45) is 0.590. The van der Waals surface area contributed by atoms with Gasteiger partial charge in [-0.05, 0) is 39.0 Å². The Morgan fingerprint density at radius 3 is 2.50 bits per heavy atom. The van der Waals surface area contributed by atoms with E-state index < -0.39 is 17.3 Å². The van der Waals surface area contributed by atoms with Crippen LogP contribution in [0.5, 0.6) is 0 Å². The first-order valence-corrected chi connectivity index (χ1v) is 5.03. The highest BCUT2D eigenvalue weighted by Gasteiger charge is 2.43. The molecule has 4 N–H and O–H groups in total. The predicted octanol–water partition coefficient (Wildman–Crippen LogP) is -0.358. The molecule has 4 atom stereocenters. The lowest BCUT2D eigenvalue weighted by atomic mass is 9.71. The molecule has 1 aliphatic rings. The molecule has 1 rings (SSSR count). The number of hydrogen-bond donors (Lipinski definition) is 4. The van der Waals surface area contributed by atoms with Crippen molar-refractivity contribution in [3.63, 3.8) is 0 Å². The van der Waals surface area contributed by atoms with Crippen LogP contribution in [0, 0.1) is 5.92 Å². The quantitative estimate of drug-likeness (QED) is 0.495. The maximum atomic E-state index is 9.79. The largest absolute Gasteiger partial charge is 0.393 e. The molecule has 0 bridgehead atoms. The Bertz CT molecular complexity index is 200. The molecule has 0 amide bonds. The van der Waals surface area contributed by atoms with Crippen LogP contribution in [-0.4, -0.2) is 44.3 Å². The highest BCUT2D eigenvalue weighted by molar-refractivity contribution is 4.95. The van der Waals surface area contributed by atoms with Gasteiger partial charge in [-0.25, -0.2) is 0 Å². The van der Waals surface area contributed by atoms with Crippen LogP contribution >= 0.6 is 0 Å². The van der Waals surface area contributed by atoms with Crippen LogP contribution in [-0.2, 0) is 0 Å². The number of hydrogen-bond acceptors (Lipinski definition) is 4. The molecule has 0 aliphatic heterocycles. The Kier molecular flexibility index (Phi) is 3.21. The Labute approximate surface area is 84.2 Å². The van der Waals surface area contributed by atoms with Crippen molar-refractivity contribution in [3.8, 4) is 0 Å². The smallest absolute Gasteiger partial charge is 0.0878 e. The topological polar surface area (TPSA) is 80.9 Å². The molecule has 0 spiro atoms. The zero-order valence-electron chi connectivity index (χ0n) is 8.77. The van der Waals surface area contributed by atoms with E-state index in [0.29, 0.717) is 19.3 Å². The molecular weight excluding hydrogens is 184 g/mol. The lowest BCUT2D eigenvalue weighted by Crippen LogP contribution is -2.50. The normalized spacial score (nSPS) is 43.3. The Balaban J connectivity index is 2.63. The lowest BCUT2D eigenvalue weighted by molar-refractivity contribution is -0.139. The van der Waals surface area contributed by atoms with Gasteiger partial charge in [0.2, 0.25) is 0 Å². The summed E-state index contributed by atoms with van der Waals surface area (Å²) in [4.78, 5) is 0. The fraction of sp³-hybridized carbons (Fsp3) is 1.00. The van der Waals surface area contributed by atoms with E-state index in [0.717, 1.165) is 0 Å². The van der Waals surface area contributed by atoms with Crippen LogP contribution in [0.2, 0.25) is 0 Å². The average molecular weight is 204 g/mol. The molecule has 1 aliphatic carbocycles. The maximum Gasteiger partial charge on any atom is 0.0878 e. The fourth-order valence-electron chi connectivity index (χ4n) is 1.97. The molecule has 1 fully saturated rings. The zero-order chi connectivity index (χ0) is 11.0. The van der Waals surface area contributed by atoms with Crippen LogP contribution in [0.3, 0.4) is 0 Å². The van der Waals surface area contributed by atoms with Crippen molar-refractivity contribution in [2.45, 2.75) is 50.4 Å². The molecule has 4 nitrogen and oxygen atoms in total. The number of aliphatic hydroxyl groups excluding tert-OH is 2. The highest BCUT2D eigenvalue weighted by atomic mass is 16.3. The minimum atomic E-state index is -1.16. The Morgan fingerprint density at radius 2 is 2.07 bits per heavy atom. The second-order valence-electron chi connectivity index (χ2n) is 4.86. The van der Waals surface area contributed by atoms with Crippen LogP contribution in [0.4, 0.5) is 0 Å². The van der Waals surface area contributed by atoms with Crippen LogP contribution < -0.4 is 0 Å². The van der Waals surface area contributed by atoms with E-state index in [2.05, 4.69) is 0 Å². The van der Waals surface area contributed by atoms with Gasteiger partial charge in [0, 0.05) is 0 Å². The first kappa shape index (κ1) is 11.9. The highest BCUT2D eigenvalue weighted by Crippen LogP contribution is 2.37. The molecule has 0 saturated heterocycles. The molecule has 84 valence electrons. The zero-order valence-corrected chi connectivity index (χ0v) is 8.77. The third kappa shape index (κ3) is 2.25. The SMILES string of the molecule is C[C@]1(O)CC[C@@H]([C@](C)(O)CO)C[C@H]1O. The van der Waals surface area contributed by atoms with Crippen LogP contribution in [0.1, 0.15) is 33.1 Å². The molecule has 0 heterocycles. The second-order valence-corrected chi connectivity index (χ2v) is 4.86. The molecule has 0 aromatic rings. The van der Waals surface area contributed by atoms with Gasteiger partial charge in [-0.3, -0.25) is 0 Å². The lowest BCUT2D eigenvalue weighted by Gasteiger charge is -2.42. The van der Waals surface area contributed by atoms with Crippen molar-refractivity contribution >= 4 is 0 Å². The van der Waals surface area contributed by atoms with Crippen molar-refractivity contribution < 1.29 is 20.4 Å². The van der Waals surface area contributed by atoms with Crippen molar-refractivity contribution in [1.29, 1.82) is 0 Å². The van der Waals surface area contributed by atoms with Crippen molar-refractivity contribution in [1.82, 2.24) is 0 Å². The summed E-state index contributed by atoms with van der Waals surface area (Å²) in [7, 11) is 0. The van der Waals surface area contributed by atoms with Gasteiger partial charge in [-0.1, -0.05) is 0 Å². The number of aliphatic hydroxyl groups is 4. The minimum Gasteiger partial charge on any atom is -0.393 e. The summed E-state index contributed by atoms with van der Waals surface area (Å²) in [6, 6.07) is 0. The van der Waals surface area contributed by atoms with Crippen LogP contribution in [0.25, 0.3) is 0 Å². The van der Waals surface area contributed by atoms with Gasteiger partial charge < -0.3 is 20.4 Å². The molecule has 0 aromatic heterocycles. The first-order valence-electron chi connectivity index (χ1n) is 5.03. The number of rotatable bonds is 2. The molecule has 4 heteroatoms. The minimum absolute atomic E-state index is 0.150. The summed E-state index contributed by atoms with van der Waals surface area (Å²) >= 11 is 0. The standard InChI is InChI=1S/C10H20O4/c1-9(13)4-3-7(5-8(9)12)10(2,14)6-11/h7-8,11-14H,3-6H2,1-2H3/t7-,8-,9+,10-/m1/s1. The molecule has 0 unspecified atom stereocenters. The first-order chi connectivity index (χ1) is 6.29. The van der Waals surface area contributed by atoms with E-state index in [1.807, 2.05) is 0 Å². The molecular formula is C10H20O4. The Hall–Kier alpha value is -0.160. The third-order valence-electron chi connectivity index (χ3n) is 3.42. The van der Waals surface area contributed by atoms with Crippen molar-refractivity contribution in [2.75, 3.05) is 6.61 Å². The third-order valence-corrected chi connectivity index (χ3v) is 3.42. The summed E-state index contributed by atoms with van der Waals surface area (Å²) in [6.45, 7) is 2.85. The van der Waals surface area contributed by atoms with Gasteiger partial charge in [-0.15, -0.1) is 0 Å². The van der Waals surface area contributed by atoms with Gasteiger partial charge in [0.15, 0.2) is 0 Å². The van der Waals surface area contributed by atoms with E-state index >= 15 is 0 Å². The van der Waals surface area contributed by atoms with E-state index in [1.54, 1.807) is 13.8 Å². The summed E-state index contributed by atoms with van der Waals surface area (Å²) in [5.74, 6) is -0.150. The fourth-order valence-corrected chi connectivity index (χ4v) is 1.97. The van der Waals surface area contributed by atoms with E-state index in [1.165, 1.54) is 0 Å². The molecule has 14 heavy (non-hydrogen) atoms. The molecule has 1 saturated carbocycles. The van der Waals surface area contributed by atoms with E-state index in [9.17, 15) is 15.3 Å². The average Bonchev–Trinajstić information content (AvgIpc) is 2.09. The van der Waals surface area contributed by atoms with Gasteiger partial charge in [-0.2, -0.15) is 0 Å². The van der Waals surface area contributed by atoms with Crippen molar-refractivity contribution in [2.24, 2.45) is 5.92 Å². The maximum absolute atomic E-state index is 9.79. The van der Waals surface area contributed by atoms with E-state index in [-0.39, 0.29) is 12.5 Å². The molecule has 0 radical (unpaired) electrons. The summed E-state index contributed by atoms with van der Waals surface area (Å²) < 4.78 is 0. The molecule has 0 aromatic carbocycles. The van der Waals surface area contributed by atoms with Crippen LogP contribution in [0.15, 0.2) is 0 Å². The summed E-state index contributed by atoms with van der Waals surface area (Å²) in [5, 5.41) is 38.1. The van der Waals surface area contributed by atoms with Gasteiger partial charge >= 0.3 is 0 Å². The monoisotopic (exact) mass is 204 g/mol. The van der Waals surface area contributed by atoms with Gasteiger partial charge in [0.25, 0.3) is 0 Å². The second kappa shape index (κ2) is 3.77.